The molecular formula is C13H17FN4O. The van der Waals surface area contributed by atoms with Crippen molar-refractivity contribution in [2.24, 2.45) is 0 Å². The second-order valence-electron chi connectivity index (χ2n) is 4.26. The summed E-state index contributed by atoms with van der Waals surface area (Å²) < 4.78 is 19.4. The van der Waals surface area contributed by atoms with Crippen LogP contribution < -0.4 is 10.1 Å². The van der Waals surface area contributed by atoms with Gasteiger partial charge in [-0.3, -0.25) is 5.10 Å². The van der Waals surface area contributed by atoms with Gasteiger partial charge in [0.1, 0.15) is 0 Å². The van der Waals surface area contributed by atoms with Crippen LogP contribution in [-0.2, 0) is 6.54 Å². The van der Waals surface area contributed by atoms with Gasteiger partial charge < -0.3 is 10.1 Å². The predicted molar refractivity (Wildman–Crippen MR) is 69.6 cm³/mol. The Bertz CT molecular complexity index is 541. The van der Waals surface area contributed by atoms with Crippen LogP contribution in [0.15, 0.2) is 18.3 Å². The van der Waals surface area contributed by atoms with Crippen molar-refractivity contribution in [3.8, 4) is 11.8 Å². The Morgan fingerprint density at radius 1 is 1.47 bits per heavy atom. The molecule has 0 unspecified atom stereocenters. The monoisotopic (exact) mass is 264 g/mol. The van der Waals surface area contributed by atoms with E-state index < -0.39 is 5.82 Å². The lowest BCUT2D eigenvalue weighted by molar-refractivity contribution is 0.403. The maximum Gasteiger partial charge on any atom is 0.257 e. The molecule has 0 aliphatic carbocycles. The van der Waals surface area contributed by atoms with Gasteiger partial charge in [0.2, 0.25) is 5.88 Å². The quantitative estimate of drug-likeness (QED) is 0.787. The molecule has 5 nitrogen and oxygen atoms in total. The lowest BCUT2D eigenvalue weighted by Crippen LogP contribution is -2.15. The number of hydrogen-bond acceptors (Lipinski definition) is 4. The Kier molecular flexibility index (Phi) is 4.46. The summed E-state index contributed by atoms with van der Waals surface area (Å²) in [5, 5.41) is 9.76. The molecule has 0 atom stereocenters. The van der Waals surface area contributed by atoms with Crippen molar-refractivity contribution in [2.45, 2.75) is 26.8 Å². The molecule has 0 amide bonds. The third-order valence-corrected chi connectivity index (χ3v) is 2.56. The Hall–Kier alpha value is -1.95. The standard InChI is InChI=1S/C13H17FN4O/c1-3-5-15-8-10-4-6-16-13(12(10)14)19-11-7-9(2)17-18-11/h4,6-7,15H,3,5,8H2,1-2H3,(H,17,18). The SMILES string of the molecule is CCCNCc1ccnc(Oc2cc(C)[nH]n2)c1F. The molecule has 6 heteroatoms. The van der Waals surface area contributed by atoms with E-state index in [0.717, 1.165) is 18.7 Å². The van der Waals surface area contributed by atoms with E-state index in [1.54, 1.807) is 12.1 Å². The average molecular weight is 264 g/mol. The number of nitrogens with zero attached hydrogens (tertiary/aromatic N) is 2. The number of ether oxygens (including phenoxy) is 1. The number of aromatic nitrogens is 3. The summed E-state index contributed by atoms with van der Waals surface area (Å²) in [7, 11) is 0. The van der Waals surface area contributed by atoms with Crippen LogP contribution in [0.1, 0.15) is 24.6 Å². The van der Waals surface area contributed by atoms with Crippen molar-refractivity contribution >= 4 is 0 Å². The van der Waals surface area contributed by atoms with Gasteiger partial charge in [0.15, 0.2) is 5.82 Å². The predicted octanol–water partition coefficient (Wildman–Crippen LogP) is 2.54. The van der Waals surface area contributed by atoms with Crippen LogP contribution in [-0.4, -0.2) is 21.7 Å². The molecule has 0 fully saturated rings. The molecule has 0 aliphatic rings. The molecule has 19 heavy (non-hydrogen) atoms. The van der Waals surface area contributed by atoms with Gasteiger partial charge in [-0.15, -0.1) is 5.10 Å². The Morgan fingerprint density at radius 2 is 2.32 bits per heavy atom. The molecule has 2 rings (SSSR count). The first-order valence-corrected chi connectivity index (χ1v) is 6.24. The fraction of sp³-hybridized carbons (Fsp3) is 0.385. The molecule has 0 saturated carbocycles. The number of halogens is 1. The zero-order chi connectivity index (χ0) is 13.7. The summed E-state index contributed by atoms with van der Waals surface area (Å²) in [4.78, 5) is 3.89. The number of aromatic amines is 1. The number of aryl methyl sites for hydroxylation is 1. The number of H-pyrrole nitrogens is 1. The lowest BCUT2D eigenvalue weighted by atomic mass is 10.2. The van der Waals surface area contributed by atoms with Gasteiger partial charge in [0.05, 0.1) is 0 Å². The number of pyridine rings is 1. The fourth-order valence-corrected chi connectivity index (χ4v) is 1.61. The van der Waals surface area contributed by atoms with Crippen LogP contribution in [0.25, 0.3) is 0 Å². The normalized spacial score (nSPS) is 10.7. The third-order valence-electron chi connectivity index (χ3n) is 2.56. The molecule has 0 spiro atoms. The van der Waals surface area contributed by atoms with E-state index in [4.69, 9.17) is 4.74 Å². The molecule has 2 aromatic heterocycles. The van der Waals surface area contributed by atoms with Crippen molar-refractivity contribution in [3.63, 3.8) is 0 Å². The van der Waals surface area contributed by atoms with E-state index in [0.29, 0.717) is 18.0 Å². The molecule has 0 radical (unpaired) electrons. The van der Waals surface area contributed by atoms with E-state index in [1.165, 1.54) is 6.20 Å². The molecule has 0 saturated heterocycles. The van der Waals surface area contributed by atoms with Gasteiger partial charge in [-0.2, -0.15) is 0 Å². The molecular weight excluding hydrogens is 247 g/mol. The highest BCUT2D eigenvalue weighted by atomic mass is 19.1. The largest absolute Gasteiger partial charge is 0.416 e. The molecule has 102 valence electrons. The smallest absolute Gasteiger partial charge is 0.257 e. The van der Waals surface area contributed by atoms with Gasteiger partial charge in [0.25, 0.3) is 5.88 Å². The summed E-state index contributed by atoms with van der Waals surface area (Å²) in [6, 6.07) is 3.32. The minimum atomic E-state index is -0.452. The Morgan fingerprint density at radius 3 is 3.00 bits per heavy atom. The minimum Gasteiger partial charge on any atom is -0.416 e. The lowest BCUT2D eigenvalue weighted by Gasteiger charge is -2.07. The third kappa shape index (κ3) is 3.51. The van der Waals surface area contributed by atoms with Gasteiger partial charge in [0, 0.05) is 30.1 Å². The summed E-state index contributed by atoms with van der Waals surface area (Å²) in [6.07, 6.45) is 2.53. The fourth-order valence-electron chi connectivity index (χ4n) is 1.61. The zero-order valence-electron chi connectivity index (χ0n) is 11.0. The topological polar surface area (TPSA) is 62.8 Å². The van der Waals surface area contributed by atoms with Crippen LogP contribution in [0.3, 0.4) is 0 Å². The number of hydrogen-bond donors (Lipinski definition) is 2. The highest BCUT2D eigenvalue weighted by Gasteiger charge is 2.12. The van der Waals surface area contributed by atoms with Gasteiger partial charge >= 0.3 is 0 Å². The van der Waals surface area contributed by atoms with Crippen molar-refractivity contribution in [1.29, 1.82) is 0 Å². The molecule has 0 aliphatic heterocycles. The highest BCUT2D eigenvalue weighted by molar-refractivity contribution is 5.27. The maximum absolute atomic E-state index is 14.1. The first-order valence-electron chi connectivity index (χ1n) is 6.24. The summed E-state index contributed by atoms with van der Waals surface area (Å²) in [6.45, 7) is 5.20. The Balaban J connectivity index is 2.10. The summed E-state index contributed by atoms with van der Waals surface area (Å²) >= 11 is 0. The molecule has 2 heterocycles. The van der Waals surface area contributed by atoms with E-state index in [9.17, 15) is 4.39 Å². The van der Waals surface area contributed by atoms with E-state index in [2.05, 4.69) is 27.4 Å². The number of rotatable bonds is 6. The van der Waals surface area contributed by atoms with Crippen molar-refractivity contribution in [2.75, 3.05) is 6.54 Å². The van der Waals surface area contributed by atoms with Gasteiger partial charge in [-0.05, 0) is 26.0 Å². The van der Waals surface area contributed by atoms with Gasteiger partial charge in [-0.25, -0.2) is 9.37 Å². The van der Waals surface area contributed by atoms with Crippen molar-refractivity contribution < 1.29 is 9.13 Å². The number of nitrogens with one attached hydrogen (secondary N) is 2. The van der Waals surface area contributed by atoms with Gasteiger partial charge in [-0.1, -0.05) is 6.92 Å². The Labute approximate surface area is 111 Å². The second kappa shape index (κ2) is 6.29. The summed E-state index contributed by atoms with van der Waals surface area (Å²) in [5.74, 6) is -0.198. The van der Waals surface area contributed by atoms with Crippen LogP contribution in [0, 0.1) is 12.7 Å². The van der Waals surface area contributed by atoms with Crippen LogP contribution in [0.5, 0.6) is 11.8 Å². The zero-order valence-corrected chi connectivity index (χ0v) is 11.0. The molecule has 2 aromatic rings. The maximum atomic E-state index is 14.1. The molecule has 0 bridgehead atoms. The average Bonchev–Trinajstić information content (AvgIpc) is 2.80. The second-order valence-corrected chi connectivity index (χ2v) is 4.26. The van der Waals surface area contributed by atoms with Crippen molar-refractivity contribution in [1.82, 2.24) is 20.5 Å². The van der Waals surface area contributed by atoms with Crippen molar-refractivity contribution in [3.05, 3.63) is 35.4 Å². The van der Waals surface area contributed by atoms with E-state index >= 15 is 0 Å². The first kappa shape index (κ1) is 13.5. The van der Waals surface area contributed by atoms with E-state index in [-0.39, 0.29) is 5.88 Å². The van der Waals surface area contributed by atoms with Crippen LogP contribution in [0.2, 0.25) is 0 Å². The first-order chi connectivity index (χ1) is 9.20. The van der Waals surface area contributed by atoms with E-state index in [1.807, 2.05) is 6.92 Å². The highest BCUT2D eigenvalue weighted by Crippen LogP contribution is 2.22. The van der Waals surface area contributed by atoms with Crippen LogP contribution in [0.4, 0.5) is 4.39 Å². The molecule has 0 aromatic carbocycles. The van der Waals surface area contributed by atoms with Crippen LogP contribution >= 0.6 is 0 Å². The summed E-state index contributed by atoms with van der Waals surface area (Å²) in [5.41, 5.74) is 1.38. The minimum absolute atomic E-state index is 0.0534. The molecule has 2 N–H and O–H groups in total.